The lowest BCUT2D eigenvalue weighted by Gasteiger charge is -2.40. The first-order valence-electron chi connectivity index (χ1n) is 13.9. The second-order valence-electron chi connectivity index (χ2n) is 11.4. The number of alkyl halides is 3. The average Bonchev–Trinajstić information content (AvgIpc) is 3.79. The molecule has 2 amide bonds. The zero-order valence-corrected chi connectivity index (χ0v) is 22.6. The summed E-state index contributed by atoms with van der Waals surface area (Å²) in [5.74, 6) is -0.645. The van der Waals surface area contributed by atoms with Gasteiger partial charge in [0.15, 0.2) is 0 Å². The van der Waals surface area contributed by atoms with Crippen LogP contribution in [0.15, 0.2) is 67.3 Å². The molecule has 2 aliphatic heterocycles. The second kappa shape index (κ2) is 9.23. The highest BCUT2D eigenvalue weighted by atomic mass is 19.4. The van der Waals surface area contributed by atoms with Gasteiger partial charge in [0.1, 0.15) is 11.2 Å². The molecule has 5 heterocycles. The Morgan fingerprint density at radius 1 is 0.952 bits per heavy atom. The molecule has 2 N–H and O–H groups in total. The van der Waals surface area contributed by atoms with Crippen molar-refractivity contribution in [3.8, 4) is 11.1 Å². The van der Waals surface area contributed by atoms with Gasteiger partial charge in [0.05, 0.1) is 29.5 Å². The van der Waals surface area contributed by atoms with E-state index in [2.05, 4.69) is 9.97 Å². The molecule has 11 heteroatoms. The van der Waals surface area contributed by atoms with Crippen molar-refractivity contribution in [3.05, 3.63) is 78.5 Å². The molecule has 0 bridgehead atoms. The van der Waals surface area contributed by atoms with Crippen molar-refractivity contribution in [3.63, 3.8) is 0 Å². The number of hydrogen-bond donors (Lipinski definition) is 1. The number of nitrogens with two attached hydrogens (primary N) is 1. The summed E-state index contributed by atoms with van der Waals surface area (Å²) in [6.45, 7) is 0.312. The topological polar surface area (TPSA) is 105 Å². The summed E-state index contributed by atoms with van der Waals surface area (Å²) in [4.78, 5) is 43.5. The van der Waals surface area contributed by atoms with Crippen molar-refractivity contribution in [2.24, 2.45) is 5.41 Å². The lowest BCUT2D eigenvalue weighted by atomic mass is 9.73. The van der Waals surface area contributed by atoms with Crippen LogP contribution in [-0.4, -0.2) is 50.9 Å². The van der Waals surface area contributed by atoms with Gasteiger partial charge in [0.2, 0.25) is 11.8 Å². The third-order valence-electron chi connectivity index (χ3n) is 9.13. The van der Waals surface area contributed by atoms with Crippen molar-refractivity contribution in [2.45, 2.75) is 43.8 Å². The Kier molecular flexibility index (Phi) is 5.80. The fourth-order valence-corrected chi connectivity index (χ4v) is 6.62. The molecular weight excluding hydrogens is 545 g/mol. The molecule has 0 atom stereocenters. The van der Waals surface area contributed by atoms with E-state index in [0.717, 1.165) is 27.5 Å². The number of carbonyl (C=O) groups excluding carboxylic acids is 2. The highest BCUT2D eigenvalue weighted by molar-refractivity contribution is 6.08. The number of rotatable bonds is 4. The highest BCUT2D eigenvalue weighted by Gasteiger charge is 2.69. The molecule has 0 unspecified atom stereocenters. The van der Waals surface area contributed by atoms with Gasteiger partial charge < -0.3 is 15.5 Å². The van der Waals surface area contributed by atoms with Crippen molar-refractivity contribution in [2.75, 3.05) is 23.7 Å². The van der Waals surface area contributed by atoms with Crippen LogP contribution < -0.4 is 10.6 Å². The van der Waals surface area contributed by atoms with Gasteiger partial charge in [-0.2, -0.15) is 13.2 Å². The van der Waals surface area contributed by atoms with Gasteiger partial charge in [0, 0.05) is 48.2 Å². The van der Waals surface area contributed by atoms with Crippen LogP contribution in [0.2, 0.25) is 0 Å². The first kappa shape index (κ1) is 26.4. The quantitative estimate of drug-likeness (QED) is 0.368. The molecule has 4 aromatic rings. The normalized spacial score (nSPS) is 18.9. The number of nitrogen functional groups attached to an aromatic ring is 1. The summed E-state index contributed by atoms with van der Waals surface area (Å²) in [6, 6.07) is 13.2. The van der Waals surface area contributed by atoms with Gasteiger partial charge in [-0.05, 0) is 54.8 Å². The third-order valence-corrected chi connectivity index (χ3v) is 9.13. The number of benzene rings is 1. The predicted molar refractivity (Wildman–Crippen MR) is 150 cm³/mol. The smallest absolute Gasteiger partial charge is 0.384 e. The van der Waals surface area contributed by atoms with Crippen molar-refractivity contribution in [1.29, 1.82) is 0 Å². The molecular formula is C31H27F3N6O2. The minimum absolute atomic E-state index is 0.0780. The number of hydrogen-bond acceptors (Lipinski definition) is 6. The molecule has 2 fully saturated rings. The second-order valence-corrected chi connectivity index (χ2v) is 11.4. The van der Waals surface area contributed by atoms with Crippen LogP contribution in [0, 0.1) is 5.41 Å². The summed E-state index contributed by atoms with van der Waals surface area (Å²) < 4.78 is 41.0. The fraction of sp³-hybridized carbons (Fsp3) is 0.323. The number of likely N-dealkylation sites (tertiary alicyclic amines) is 1. The van der Waals surface area contributed by atoms with Crippen LogP contribution in [0.4, 0.5) is 24.7 Å². The number of piperidine rings is 1. The summed E-state index contributed by atoms with van der Waals surface area (Å²) >= 11 is 0. The average molecular weight is 573 g/mol. The summed E-state index contributed by atoms with van der Waals surface area (Å²) in [5.41, 5.74) is 6.36. The van der Waals surface area contributed by atoms with Crippen LogP contribution in [0.5, 0.6) is 0 Å². The Bertz CT molecular complexity index is 1730. The highest BCUT2D eigenvalue weighted by Crippen LogP contribution is 2.59. The molecule has 1 saturated heterocycles. The van der Waals surface area contributed by atoms with Crippen LogP contribution in [0.25, 0.3) is 21.9 Å². The molecule has 3 aromatic heterocycles. The first-order chi connectivity index (χ1) is 20.1. The minimum Gasteiger partial charge on any atom is -0.384 e. The van der Waals surface area contributed by atoms with Gasteiger partial charge >= 0.3 is 6.18 Å². The van der Waals surface area contributed by atoms with Crippen LogP contribution in [-0.2, 0) is 21.5 Å². The maximum atomic E-state index is 14.3. The maximum absolute atomic E-state index is 14.3. The Morgan fingerprint density at radius 2 is 1.71 bits per heavy atom. The Morgan fingerprint density at radius 3 is 2.40 bits per heavy atom. The van der Waals surface area contributed by atoms with Crippen LogP contribution in [0.3, 0.4) is 0 Å². The number of halogens is 3. The summed E-state index contributed by atoms with van der Waals surface area (Å²) in [7, 11) is 0. The molecule has 0 radical (unpaired) electrons. The van der Waals surface area contributed by atoms with Gasteiger partial charge in [-0.25, -0.2) is 4.98 Å². The van der Waals surface area contributed by atoms with Gasteiger partial charge in [-0.1, -0.05) is 24.3 Å². The van der Waals surface area contributed by atoms with E-state index in [9.17, 15) is 22.8 Å². The summed E-state index contributed by atoms with van der Waals surface area (Å²) in [5, 5.41) is 1.89. The first-order valence-corrected chi connectivity index (χ1v) is 13.9. The zero-order valence-electron chi connectivity index (χ0n) is 22.6. The van der Waals surface area contributed by atoms with Crippen molar-refractivity contribution in [1.82, 2.24) is 19.9 Å². The molecule has 3 aliphatic rings. The number of amides is 2. The number of pyridine rings is 3. The molecule has 8 nitrogen and oxygen atoms in total. The Balaban J connectivity index is 1.23. The van der Waals surface area contributed by atoms with Gasteiger partial charge in [-0.3, -0.25) is 19.6 Å². The molecule has 42 heavy (non-hydrogen) atoms. The standard InChI is InChI=1S/C31H27F3N6O2/c32-31(33,34)30(8-9-30)28(42)39-13-10-29(11-14-39)22-7-12-36-17-24(22)40(27(29)41)18-23-26(20-5-6-25(35)38-16-20)21-4-2-1-3-19(21)15-37-23/h1-7,12,15-17H,8-11,13-14,18H2,(H2,35,38). The molecule has 1 spiro atoms. The number of carbonyl (C=O) groups is 2. The molecule has 7 rings (SSSR count). The molecule has 214 valence electrons. The van der Waals surface area contributed by atoms with E-state index in [1.54, 1.807) is 41.8 Å². The third kappa shape index (κ3) is 3.86. The van der Waals surface area contributed by atoms with E-state index < -0.39 is 22.9 Å². The van der Waals surface area contributed by atoms with E-state index in [4.69, 9.17) is 10.7 Å². The van der Waals surface area contributed by atoms with Gasteiger partial charge in [-0.15, -0.1) is 0 Å². The maximum Gasteiger partial charge on any atom is 0.403 e. The number of nitrogens with zero attached hydrogens (tertiary/aromatic N) is 5. The van der Waals surface area contributed by atoms with E-state index in [0.29, 0.717) is 17.2 Å². The monoisotopic (exact) mass is 572 g/mol. The lowest BCUT2D eigenvalue weighted by Crippen LogP contribution is -2.53. The van der Waals surface area contributed by atoms with Crippen LogP contribution >= 0.6 is 0 Å². The van der Waals surface area contributed by atoms with E-state index in [1.807, 2.05) is 30.3 Å². The van der Waals surface area contributed by atoms with Crippen molar-refractivity contribution < 1.29 is 22.8 Å². The zero-order chi connectivity index (χ0) is 29.3. The fourth-order valence-electron chi connectivity index (χ4n) is 6.62. The summed E-state index contributed by atoms with van der Waals surface area (Å²) in [6.07, 6.45) is 2.28. The largest absolute Gasteiger partial charge is 0.403 e. The predicted octanol–water partition coefficient (Wildman–Crippen LogP) is 5.02. The number of aromatic nitrogens is 3. The molecule has 1 aromatic carbocycles. The van der Waals surface area contributed by atoms with Crippen LogP contribution in [0.1, 0.15) is 36.9 Å². The van der Waals surface area contributed by atoms with E-state index >= 15 is 0 Å². The van der Waals surface area contributed by atoms with Gasteiger partial charge in [0.25, 0.3) is 0 Å². The molecule has 1 aliphatic carbocycles. The van der Waals surface area contributed by atoms with Crippen molar-refractivity contribution >= 4 is 34.1 Å². The van der Waals surface area contributed by atoms with E-state index in [1.165, 1.54) is 4.90 Å². The Labute approximate surface area is 239 Å². The lowest BCUT2D eigenvalue weighted by molar-refractivity contribution is -0.199. The van der Waals surface area contributed by atoms with E-state index in [-0.39, 0.29) is 51.2 Å². The number of fused-ring (bicyclic) bond motifs is 3. The number of anilines is 2. The minimum atomic E-state index is -4.57. The SMILES string of the molecule is Nc1ccc(-c2c(CN3C(=O)C4(CCN(C(=O)C5(C(F)(F)F)CC5)CC4)c4ccncc43)ncc3ccccc23)cn1. The molecule has 1 saturated carbocycles. The Hall–Kier alpha value is -4.54.